The molecular weight excluding hydrogens is 136 g/mol. The average molecular weight is 152 g/mol. The maximum absolute atomic E-state index is 8.70. The summed E-state index contributed by atoms with van der Waals surface area (Å²) in [7, 11) is 0. The third kappa shape index (κ3) is 2.51. The van der Waals surface area contributed by atoms with Crippen molar-refractivity contribution in [1.29, 1.82) is 5.26 Å². The van der Waals surface area contributed by atoms with Gasteiger partial charge in [-0.15, -0.1) is 0 Å². The molecule has 1 rings (SSSR count). The van der Waals surface area contributed by atoms with Gasteiger partial charge >= 0.3 is 0 Å². The standard InChI is InChI=1S/C9H16N2/c1-2-5-11-6-3-4-9(7-10)8-11/h9H,2-6,8H2,1H3. The molecule has 11 heavy (non-hydrogen) atoms. The predicted molar refractivity (Wildman–Crippen MR) is 45.1 cm³/mol. The zero-order chi connectivity index (χ0) is 8.10. The van der Waals surface area contributed by atoms with Crippen molar-refractivity contribution in [3.05, 3.63) is 0 Å². The van der Waals surface area contributed by atoms with E-state index in [4.69, 9.17) is 5.26 Å². The largest absolute Gasteiger partial charge is 0.302 e. The third-order valence-corrected chi connectivity index (χ3v) is 2.23. The molecule has 0 aromatic rings. The molecule has 2 nitrogen and oxygen atoms in total. The minimum atomic E-state index is 0.301. The summed E-state index contributed by atoms with van der Waals surface area (Å²) >= 11 is 0. The Morgan fingerprint density at radius 3 is 3.09 bits per heavy atom. The van der Waals surface area contributed by atoms with E-state index in [1.54, 1.807) is 0 Å². The Hall–Kier alpha value is -0.550. The van der Waals surface area contributed by atoms with Crippen molar-refractivity contribution >= 4 is 0 Å². The monoisotopic (exact) mass is 152 g/mol. The summed E-state index contributed by atoms with van der Waals surface area (Å²) < 4.78 is 0. The maximum atomic E-state index is 8.70. The van der Waals surface area contributed by atoms with Crippen LogP contribution in [0.4, 0.5) is 0 Å². The summed E-state index contributed by atoms with van der Waals surface area (Å²) in [6, 6.07) is 2.35. The van der Waals surface area contributed by atoms with Crippen LogP contribution in [0.5, 0.6) is 0 Å². The number of piperidine rings is 1. The summed E-state index contributed by atoms with van der Waals surface area (Å²) in [5, 5.41) is 8.70. The minimum absolute atomic E-state index is 0.301. The highest BCUT2D eigenvalue weighted by atomic mass is 15.1. The fourth-order valence-electron chi connectivity index (χ4n) is 1.68. The highest BCUT2D eigenvalue weighted by Crippen LogP contribution is 2.14. The van der Waals surface area contributed by atoms with Crippen molar-refractivity contribution in [3.63, 3.8) is 0 Å². The Morgan fingerprint density at radius 2 is 2.45 bits per heavy atom. The van der Waals surface area contributed by atoms with Crippen LogP contribution in [0.15, 0.2) is 0 Å². The molecule has 1 aliphatic rings. The summed E-state index contributed by atoms with van der Waals surface area (Å²) in [5.41, 5.74) is 0. The molecule has 1 fully saturated rings. The van der Waals surface area contributed by atoms with E-state index in [9.17, 15) is 0 Å². The molecule has 0 aromatic carbocycles. The molecule has 0 amide bonds. The van der Waals surface area contributed by atoms with Crippen LogP contribution < -0.4 is 0 Å². The molecule has 1 aliphatic heterocycles. The predicted octanol–water partition coefficient (Wildman–Crippen LogP) is 1.63. The van der Waals surface area contributed by atoms with Gasteiger partial charge in [0.05, 0.1) is 12.0 Å². The molecule has 1 unspecified atom stereocenters. The van der Waals surface area contributed by atoms with Crippen LogP contribution >= 0.6 is 0 Å². The molecule has 0 spiro atoms. The second kappa shape index (κ2) is 4.35. The molecule has 0 bridgehead atoms. The molecule has 1 atom stereocenters. The normalized spacial score (nSPS) is 26.4. The Bertz CT molecular complexity index is 146. The minimum Gasteiger partial charge on any atom is -0.302 e. The van der Waals surface area contributed by atoms with Gasteiger partial charge in [-0.2, -0.15) is 5.26 Å². The first-order valence-electron chi connectivity index (χ1n) is 4.48. The Balaban J connectivity index is 2.29. The average Bonchev–Trinajstić information content (AvgIpc) is 2.06. The van der Waals surface area contributed by atoms with E-state index in [0.717, 1.165) is 19.5 Å². The number of hydrogen-bond acceptors (Lipinski definition) is 2. The number of hydrogen-bond donors (Lipinski definition) is 0. The van der Waals surface area contributed by atoms with Crippen LogP contribution in [0.3, 0.4) is 0 Å². The lowest BCUT2D eigenvalue weighted by atomic mass is 10.00. The summed E-state index contributed by atoms with van der Waals surface area (Å²) in [6.45, 7) is 5.56. The number of nitrogens with zero attached hydrogens (tertiary/aromatic N) is 2. The Kier molecular flexibility index (Phi) is 3.38. The van der Waals surface area contributed by atoms with Gasteiger partial charge in [0.15, 0.2) is 0 Å². The van der Waals surface area contributed by atoms with Gasteiger partial charge in [0, 0.05) is 6.54 Å². The Morgan fingerprint density at radius 1 is 1.64 bits per heavy atom. The molecule has 0 saturated carbocycles. The van der Waals surface area contributed by atoms with Gasteiger partial charge in [0.1, 0.15) is 0 Å². The first-order valence-corrected chi connectivity index (χ1v) is 4.48. The van der Waals surface area contributed by atoms with Crippen molar-refractivity contribution < 1.29 is 0 Å². The van der Waals surface area contributed by atoms with Crippen LogP contribution in [0.1, 0.15) is 26.2 Å². The van der Waals surface area contributed by atoms with Crippen LogP contribution in [-0.4, -0.2) is 24.5 Å². The van der Waals surface area contributed by atoms with Gasteiger partial charge < -0.3 is 4.90 Å². The number of likely N-dealkylation sites (tertiary alicyclic amines) is 1. The fraction of sp³-hybridized carbons (Fsp3) is 0.889. The molecule has 1 heterocycles. The van der Waals surface area contributed by atoms with Gasteiger partial charge in [-0.05, 0) is 32.4 Å². The van der Waals surface area contributed by atoms with Crippen LogP contribution in [0.2, 0.25) is 0 Å². The van der Waals surface area contributed by atoms with E-state index in [-0.39, 0.29) is 0 Å². The lowest BCUT2D eigenvalue weighted by Crippen LogP contribution is -2.35. The van der Waals surface area contributed by atoms with E-state index in [0.29, 0.717) is 5.92 Å². The summed E-state index contributed by atoms with van der Waals surface area (Å²) in [6.07, 6.45) is 3.52. The highest BCUT2D eigenvalue weighted by Gasteiger charge is 2.17. The fourth-order valence-corrected chi connectivity index (χ4v) is 1.68. The number of rotatable bonds is 2. The van der Waals surface area contributed by atoms with Gasteiger partial charge in [0.2, 0.25) is 0 Å². The molecule has 0 aliphatic carbocycles. The van der Waals surface area contributed by atoms with E-state index in [1.165, 1.54) is 19.4 Å². The van der Waals surface area contributed by atoms with Gasteiger partial charge in [-0.1, -0.05) is 6.92 Å². The Labute approximate surface area is 68.8 Å². The van der Waals surface area contributed by atoms with E-state index >= 15 is 0 Å². The lowest BCUT2D eigenvalue weighted by molar-refractivity contribution is 0.200. The van der Waals surface area contributed by atoms with Crippen LogP contribution in [0, 0.1) is 17.2 Å². The van der Waals surface area contributed by atoms with Crippen molar-refractivity contribution in [1.82, 2.24) is 4.90 Å². The zero-order valence-corrected chi connectivity index (χ0v) is 7.21. The first kappa shape index (κ1) is 8.55. The van der Waals surface area contributed by atoms with Crippen molar-refractivity contribution in [3.8, 4) is 6.07 Å². The van der Waals surface area contributed by atoms with Gasteiger partial charge in [-0.3, -0.25) is 0 Å². The molecule has 1 saturated heterocycles. The van der Waals surface area contributed by atoms with Crippen LogP contribution in [0.25, 0.3) is 0 Å². The van der Waals surface area contributed by atoms with E-state index in [2.05, 4.69) is 17.9 Å². The number of nitriles is 1. The molecular formula is C9H16N2. The maximum Gasteiger partial charge on any atom is 0.0669 e. The molecule has 0 aromatic heterocycles. The van der Waals surface area contributed by atoms with Crippen molar-refractivity contribution in [2.24, 2.45) is 5.92 Å². The van der Waals surface area contributed by atoms with Crippen molar-refractivity contribution in [2.45, 2.75) is 26.2 Å². The first-order chi connectivity index (χ1) is 5.36. The molecule has 0 radical (unpaired) electrons. The topological polar surface area (TPSA) is 27.0 Å². The second-order valence-corrected chi connectivity index (χ2v) is 3.27. The summed E-state index contributed by atoms with van der Waals surface area (Å²) in [5.74, 6) is 0.301. The molecule has 2 heteroatoms. The van der Waals surface area contributed by atoms with Crippen LogP contribution in [-0.2, 0) is 0 Å². The van der Waals surface area contributed by atoms with Crippen molar-refractivity contribution in [2.75, 3.05) is 19.6 Å². The second-order valence-electron chi connectivity index (χ2n) is 3.27. The van der Waals surface area contributed by atoms with Gasteiger partial charge in [0.25, 0.3) is 0 Å². The van der Waals surface area contributed by atoms with Gasteiger partial charge in [-0.25, -0.2) is 0 Å². The SMILES string of the molecule is CCCN1CCCC(C#N)C1. The quantitative estimate of drug-likeness (QED) is 0.601. The van der Waals surface area contributed by atoms with E-state index < -0.39 is 0 Å². The highest BCUT2D eigenvalue weighted by molar-refractivity contribution is 4.88. The molecule has 0 N–H and O–H groups in total. The van der Waals surface area contributed by atoms with E-state index in [1.807, 2.05) is 0 Å². The summed E-state index contributed by atoms with van der Waals surface area (Å²) in [4.78, 5) is 2.40. The third-order valence-electron chi connectivity index (χ3n) is 2.23. The molecule has 62 valence electrons. The lowest BCUT2D eigenvalue weighted by Gasteiger charge is -2.28. The zero-order valence-electron chi connectivity index (χ0n) is 7.21. The smallest absolute Gasteiger partial charge is 0.0669 e.